The molecule has 22 heavy (non-hydrogen) atoms. The van der Waals surface area contributed by atoms with Crippen LogP contribution in [0.3, 0.4) is 0 Å². The van der Waals surface area contributed by atoms with E-state index in [2.05, 4.69) is 41.5 Å². The molecule has 0 atom stereocenters. The third-order valence-corrected chi connectivity index (χ3v) is 4.11. The lowest BCUT2D eigenvalue weighted by Crippen LogP contribution is -2.22. The summed E-state index contributed by atoms with van der Waals surface area (Å²) < 4.78 is 2.14. The fraction of sp³-hybridized carbons (Fsp3) is 0.278. The van der Waals surface area contributed by atoms with Gasteiger partial charge in [0.2, 0.25) is 0 Å². The van der Waals surface area contributed by atoms with Gasteiger partial charge in [0.15, 0.2) is 0 Å². The molecular weight excluding hydrogens is 294 g/mol. The first-order valence-electron chi connectivity index (χ1n) is 7.56. The van der Waals surface area contributed by atoms with E-state index in [-0.39, 0.29) is 0 Å². The number of hydrogen-bond donors (Lipinski definition) is 0. The van der Waals surface area contributed by atoms with E-state index >= 15 is 0 Å². The Kier molecular flexibility index (Phi) is 4.46. The maximum atomic E-state index is 6.07. The van der Waals surface area contributed by atoms with E-state index in [0.717, 1.165) is 36.0 Å². The Morgan fingerprint density at radius 1 is 1.14 bits per heavy atom. The predicted molar refractivity (Wildman–Crippen MR) is 91.2 cm³/mol. The fourth-order valence-corrected chi connectivity index (χ4v) is 2.89. The molecule has 3 rings (SSSR count). The quantitative estimate of drug-likeness (QED) is 0.699. The molecule has 2 heterocycles. The van der Waals surface area contributed by atoms with Crippen LogP contribution in [0, 0.1) is 6.92 Å². The highest BCUT2D eigenvalue weighted by Crippen LogP contribution is 2.15. The Balaban J connectivity index is 1.78. The van der Waals surface area contributed by atoms with Gasteiger partial charge in [-0.3, -0.25) is 4.90 Å². The number of aryl methyl sites for hydroxylation is 1. The summed E-state index contributed by atoms with van der Waals surface area (Å²) >= 11 is 6.07. The van der Waals surface area contributed by atoms with Crippen molar-refractivity contribution in [2.75, 3.05) is 6.54 Å². The number of halogens is 1. The largest absolute Gasteiger partial charge is 0.304 e. The van der Waals surface area contributed by atoms with Crippen molar-refractivity contribution in [3.05, 3.63) is 70.6 Å². The van der Waals surface area contributed by atoms with Gasteiger partial charge in [0.25, 0.3) is 0 Å². The molecule has 114 valence electrons. The van der Waals surface area contributed by atoms with Gasteiger partial charge >= 0.3 is 0 Å². The summed E-state index contributed by atoms with van der Waals surface area (Å²) in [6, 6.07) is 14.2. The third kappa shape index (κ3) is 3.32. The lowest BCUT2D eigenvalue weighted by Gasteiger charge is -2.19. The van der Waals surface area contributed by atoms with Crippen molar-refractivity contribution in [3.63, 3.8) is 0 Å². The number of rotatable bonds is 5. The molecule has 2 aromatic heterocycles. The summed E-state index contributed by atoms with van der Waals surface area (Å²) in [5.41, 5.74) is 4.54. The Morgan fingerprint density at radius 3 is 2.68 bits per heavy atom. The summed E-state index contributed by atoms with van der Waals surface area (Å²) in [5.74, 6) is 0. The summed E-state index contributed by atoms with van der Waals surface area (Å²) in [6.45, 7) is 6.96. The van der Waals surface area contributed by atoms with E-state index in [0.29, 0.717) is 0 Å². The predicted octanol–water partition coefficient (Wildman–Crippen LogP) is 4.32. The molecule has 0 aliphatic carbocycles. The van der Waals surface area contributed by atoms with Crippen LogP contribution in [0.1, 0.15) is 23.9 Å². The van der Waals surface area contributed by atoms with Crippen LogP contribution < -0.4 is 0 Å². The van der Waals surface area contributed by atoms with Crippen molar-refractivity contribution >= 4 is 17.2 Å². The summed E-state index contributed by atoms with van der Waals surface area (Å²) in [5, 5.41) is 0.789. The van der Waals surface area contributed by atoms with Gasteiger partial charge in [0.05, 0.1) is 5.69 Å². The highest BCUT2D eigenvalue weighted by Gasteiger charge is 2.09. The molecular formula is C18H20ClN3. The van der Waals surface area contributed by atoms with Crippen LogP contribution in [0.25, 0.3) is 5.65 Å². The van der Waals surface area contributed by atoms with E-state index in [1.807, 2.05) is 30.3 Å². The van der Waals surface area contributed by atoms with Crippen molar-refractivity contribution in [1.29, 1.82) is 0 Å². The van der Waals surface area contributed by atoms with Crippen LogP contribution in [0.5, 0.6) is 0 Å². The molecule has 0 saturated heterocycles. The molecule has 1 aromatic carbocycles. The van der Waals surface area contributed by atoms with Crippen LogP contribution in [0.2, 0.25) is 5.02 Å². The standard InChI is InChI=1S/C18H20ClN3/c1-3-21(11-15-7-5-8-16(19)10-15)12-17-13-22-14(2)6-4-9-18(22)20-17/h4-10,13H,3,11-12H2,1-2H3. The molecule has 0 aliphatic rings. The molecule has 3 nitrogen and oxygen atoms in total. The molecule has 0 unspecified atom stereocenters. The second-order valence-electron chi connectivity index (χ2n) is 5.56. The van der Waals surface area contributed by atoms with E-state index in [1.165, 1.54) is 11.3 Å². The number of aromatic nitrogens is 2. The molecule has 0 saturated carbocycles. The second-order valence-corrected chi connectivity index (χ2v) is 6.00. The Hall–Kier alpha value is -1.84. The number of nitrogens with zero attached hydrogens (tertiary/aromatic N) is 3. The summed E-state index contributed by atoms with van der Waals surface area (Å²) in [4.78, 5) is 7.08. The first-order chi connectivity index (χ1) is 10.7. The maximum Gasteiger partial charge on any atom is 0.137 e. The number of imidazole rings is 1. The highest BCUT2D eigenvalue weighted by molar-refractivity contribution is 6.30. The van der Waals surface area contributed by atoms with Crippen molar-refractivity contribution in [3.8, 4) is 0 Å². The monoisotopic (exact) mass is 313 g/mol. The van der Waals surface area contributed by atoms with Gasteiger partial charge in [-0.2, -0.15) is 0 Å². The topological polar surface area (TPSA) is 20.5 Å². The van der Waals surface area contributed by atoms with E-state index < -0.39 is 0 Å². The van der Waals surface area contributed by atoms with Gasteiger partial charge in [-0.05, 0) is 43.3 Å². The molecule has 0 radical (unpaired) electrons. The third-order valence-electron chi connectivity index (χ3n) is 3.87. The SMILES string of the molecule is CCN(Cc1cccc(Cl)c1)Cc1cn2c(C)cccc2n1. The van der Waals surface area contributed by atoms with Gasteiger partial charge in [-0.15, -0.1) is 0 Å². The van der Waals surface area contributed by atoms with E-state index in [9.17, 15) is 0 Å². The van der Waals surface area contributed by atoms with Crippen LogP contribution in [0.15, 0.2) is 48.7 Å². The smallest absolute Gasteiger partial charge is 0.137 e. The molecule has 0 N–H and O–H groups in total. The van der Waals surface area contributed by atoms with Gasteiger partial charge in [-0.25, -0.2) is 4.98 Å². The molecule has 0 amide bonds. The fourth-order valence-electron chi connectivity index (χ4n) is 2.68. The Morgan fingerprint density at radius 2 is 1.95 bits per heavy atom. The minimum absolute atomic E-state index is 0.789. The average molecular weight is 314 g/mol. The number of fused-ring (bicyclic) bond motifs is 1. The lowest BCUT2D eigenvalue weighted by molar-refractivity contribution is 0.268. The normalized spacial score (nSPS) is 11.5. The molecule has 0 bridgehead atoms. The second kappa shape index (κ2) is 6.51. The van der Waals surface area contributed by atoms with Gasteiger partial charge in [-0.1, -0.05) is 36.7 Å². The highest BCUT2D eigenvalue weighted by atomic mass is 35.5. The first-order valence-corrected chi connectivity index (χ1v) is 7.94. The molecule has 4 heteroatoms. The molecule has 0 fully saturated rings. The zero-order valence-corrected chi connectivity index (χ0v) is 13.7. The Labute approximate surface area is 136 Å². The maximum absolute atomic E-state index is 6.07. The lowest BCUT2D eigenvalue weighted by atomic mass is 10.2. The molecule has 0 spiro atoms. The number of hydrogen-bond acceptors (Lipinski definition) is 2. The summed E-state index contributed by atoms with van der Waals surface area (Å²) in [6.07, 6.45) is 2.13. The van der Waals surface area contributed by atoms with Crippen molar-refractivity contribution in [1.82, 2.24) is 14.3 Å². The van der Waals surface area contributed by atoms with Crippen LogP contribution in [0.4, 0.5) is 0 Å². The molecule has 0 aliphatic heterocycles. The van der Waals surface area contributed by atoms with Gasteiger partial charge in [0.1, 0.15) is 5.65 Å². The zero-order chi connectivity index (χ0) is 15.5. The van der Waals surface area contributed by atoms with Crippen LogP contribution in [-0.2, 0) is 13.1 Å². The van der Waals surface area contributed by atoms with Crippen LogP contribution >= 0.6 is 11.6 Å². The first kappa shape index (κ1) is 15.1. The van der Waals surface area contributed by atoms with Gasteiger partial charge < -0.3 is 4.40 Å². The van der Waals surface area contributed by atoms with Crippen LogP contribution in [-0.4, -0.2) is 20.8 Å². The minimum atomic E-state index is 0.789. The zero-order valence-electron chi connectivity index (χ0n) is 13.0. The van der Waals surface area contributed by atoms with E-state index in [4.69, 9.17) is 16.6 Å². The molecule has 3 aromatic rings. The number of benzene rings is 1. The van der Waals surface area contributed by atoms with Crippen molar-refractivity contribution in [2.45, 2.75) is 26.9 Å². The van der Waals surface area contributed by atoms with Crippen molar-refractivity contribution in [2.24, 2.45) is 0 Å². The number of pyridine rings is 1. The average Bonchev–Trinajstić information content (AvgIpc) is 2.91. The van der Waals surface area contributed by atoms with Gasteiger partial charge in [0, 0.05) is 30.0 Å². The minimum Gasteiger partial charge on any atom is -0.304 e. The van der Waals surface area contributed by atoms with E-state index in [1.54, 1.807) is 0 Å². The van der Waals surface area contributed by atoms with Crippen molar-refractivity contribution < 1.29 is 0 Å². The summed E-state index contributed by atoms with van der Waals surface area (Å²) in [7, 11) is 0. The Bertz CT molecular complexity index is 779.